The highest BCUT2D eigenvalue weighted by Gasteiger charge is 2.32. The maximum absolute atomic E-state index is 13.5. The van der Waals surface area contributed by atoms with Gasteiger partial charge in [0, 0.05) is 51.4 Å². The summed E-state index contributed by atoms with van der Waals surface area (Å²) >= 11 is 0. The Labute approximate surface area is 270 Å². The molecule has 1 N–H and O–H groups in total. The number of rotatable bonds is 6. The van der Waals surface area contributed by atoms with Crippen molar-refractivity contribution in [2.75, 3.05) is 44.7 Å². The number of likely N-dealkylation sites (N-methyl/N-ethyl adjacent to an activating group) is 1. The number of anilines is 1. The van der Waals surface area contributed by atoms with Gasteiger partial charge in [0.05, 0.1) is 11.9 Å². The predicted molar refractivity (Wildman–Crippen MR) is 169 cm³/mol. The first-order chi connectivity index (χ1) is 22.7. The van der Waals surface area contributed by atoms with Crippen LogP contribution in [-0.4, -0.2) is 89.4 Å². The van der Waals surface area contributed by atoms with Crippen molar-refractivity contribution in [2.45, 2.75) is 19.1 Å². The van der Waals surface area contributed by atoms with Crippen molar-refractivity contribution < 1.29 is 33.0 Å². The molecule has 1 fully saturated rings. The van der Waals surface area contributed by atoms with Gasteiger partial charge in [-0.15, -0.1) is 0 Å². The lowest BCUT2D eigenvalue weighted by Gasteiger charge is -2.34. The molecule has 3 heterocycles. The van der Waals surface area contributed by atoms with Crippen molar-refractivity contribution in [3.63, 3.8) is 0 Å². The summed E-state index contributed by atoms with van der Waals surface area (Å²) in [7, 11) is 1.55. The summed E-state index contributed by atoms with van der Waals surface area (Å²) in [6.07, 6.45) is 2.98. The Kier molecular flexibility index (Phi) is 9.13. The Morgan fingerprint density at radius 1 is 0.936 bits per heavy atom. The second-order valence-electron chi connectivity index (χ2n) is 11.3. The first kappa shape index (κ1) is 31.3. The lowest BCUT2D eigenvalue weighted by atomic mass is 10.1. The third-order valence-corrected chi connectivity index (χ3v) is 8.07. The Morgan fingerprint density at radius 2 is 1.68 bits per heavy atom. The van der Waals surface area contributed by atoms with E-state index in [1.54, 1.807) is 47.2 Å². The Balaban J connectivity index is 1.04. The SMILES string of the molecule is CN1C(=O)[C@@H](NC(=O)n2cc(Cc3cccc(F)c3)cn2)COc2ccc(C(=O)N3CCN(C(=O)OCc4ccccc4)CC3)cc21. The quantitative estimate of drug-likeness (QED) is 0.341. The smallest absolute Gasteiger partial charge is 0.410 e. The van der Waals surface area contributed by atoms with Gasteiger partial charge < -0.3 is 29.5 Å². The molecule has 6 rings (SSSR count). The summed E-state index contributed by atoms with van der Waals surface area (Å²) in [4.78, 5) is 56.9. The largest absolute Gasteiger partial charge is 0.489 e. The second kappa shape index (κ2) is 13.7. The molecule has 47 heavy (non-hydrogen) atoms. The molecule has 3 aromatic carbocycles. The highest BCUT2D eigenvalue weighted by molar-refractivity contribution is 6.02. The molecule has 242 valence electrons. The number of ether oxygens (including phenoxy) is 2. The third kappa shape index (κ3) is 7.24. The van der Waals surface area contributed by atoms with Gasteiger partial charge in [-0.1, -0.05) is 42.5 Å². The fourth-order valence-corrected chi connectivity index (χ4v) is 5.48. The van der Waals surface area contributed by atoms with E-state index in [4.69, 9.17) is 9.47 Å². The number of piperazine rings is 1. The van der Waals surface area contributed by atoms with Crippen LogP contribution in [-0.2, 0) is 22.6 Å². The van der Waals surface area contributed by atoms with Gasteiger partial charge in [-0.2, -0.15) is 9.78 Å². The van der Waals surface area contributed by atoms with E-state index in [9.17, 15) is 23.6 Å². The Bertz CT molecular complexity index is 1790. The molecule has 0 spiro atoms. The molecule has 4 amide bonds. The molecule has 0 unspecified atom stereocenters. The molecule has 13 heteroatoms. The molecule has 2 aliphatic rings. The first-order valence-electron chi connectivity index (χ1n) is 15.1. The molecule has 12 nitrogen and oxygen atoms in total. The van der Waals surface area contributed by atoms with E-state index in [-0.39, 0.29) is 24.9 Å². The molecule has 0 aliphatic carbocycles. The normalized spacial score (nSPS) is 16.2. The van der Waals surface area contributed by atoms with Crippen molar-refractivity contribution in [1.82, 2.24) is 24.9 Å². The van der Waals surface area contributed by atoms with Crippen LogP contribution in [0.2, 0.25) is 0 Å². The highest BCUT2D eigenvalue weighted by atomic mass is 19.1. The summed E-state index contributed by atoms with van der Waals surface area (Å²) in [5.74, 6) is -0.640. The van der Waals surface area contributed by atoms with E-state index < -0.39 is 24.1 Å². The van der Waals surface area contributed by atoms with E-state index in [0.29, 0.717) is 55.2 Å². The summed E-state index contributed by atoms with van der Waals surface area (Å²) in [5, 5.41) is 6.76. The molecule has 1 aromatic heterocycles. The van der Waals surface area contributed by atoms with Crippen LogP contribution in [0.25, 0.3) is 0 Å². The summed E-state index contributed by atoms with van der Waals surface area (Å²) in [6, 6.07) is 18.8. The molecule has 4 aromatic rings. The maximum atomic E-state index is 13.5. The lowest BCUT2D eigenvalue weighted by Crippen LogP contribution is -2.51. The zero-order valence-corrected chi connectivity index (χ0v) is 25.7. The molecule has 1 saturated heterocycles. The molecule has 0 saturated carbocycles. The van der Waals surface area contributed by atoms with Gasteiger partial charge in [0.15, 0.2) is 0 Å². The van der Waals surface area contributed by atoms with Crippen molar-refractivity contribution in [2.24, 2.45) is 0 Å². The van der Waals surface area contributed by atoms with E-state index in [1.165, 1.54) is 29.4 Å². The second-order valence-corrected chi connectivity index (χ2v) is 11.3. The van der Waals surface area contributed by atoms with Crippen LogP contribution in [0.1, 0.15) is 27.0 Å². The third-order valence-electron chi connectivity index (χ3n) is 8.07. The van der Waals surface area contributed by atoms with Gasteiger partial charge in [0.1, 0.15) is 30.8 Å². The number of fused-ring (bicyclic) bond motifs is 1. The average molecular weight is 641 g/mol. The van der Waals surface area contributed by atoms with Gasteiger partial charge in [-0.05, 0) is 47.0 Å². The number of halogens is 1. The van der Waals surface area contributed by atoms with Crippen molar-refractivity contribution >= 4 is 29.6 Å². The minimum Gasteiger partial charge on any atom is -0.489 e. The van der Waals surface area contributed by atoms with Gasteiger partial charge >= 0.3 is 12.1 Å². The Morgan fingerprint density at radius 3 is 2.45 bits per heavy atom. The van der Waals surface area contributed by atoms with Crippen molar-refractivity contribution in [3.05, 3.63) is 113 Å². The first-order valence-corrected chi connectivity index (χ1v) is 15.1. The molecule has 2 aliphatic heterocycles. The van der Waals surface area contributed by atoms with Crippen LogP contribution in [0.15, 0.2) is 85.2 Å². The number of hydrogen-bond donors (Lipinski definition) is 1. The van der Waals surface area contributed by atoms with Crippen LogP contribution in [0.5, 0.6) is 5.75 Å². The van der Waals surface area contributed by atoms with Crippen molar-refractivity contribution in [1.29, 1.82) is 0 Å². The zero-order valence-electron chi connectivity index (χ0n) is 25.7. The van der Waals surface area contributed by atoms with Gasteiger partial charge in [-0.25, -0.2) is 14.0 Å². The van der Waals surface area contributed by atoms with E-state index in [0.717, 1.165) is 15.8 Å². The van der Waals surface area contributed by atoms with Crippen LogP contribution >= 0.6 is 0 Å². The summed E-state index contributed by atoms with van der Waals surface area (Å²) < 4.78 is 25.9. The number of aromatic nitrogens is 2. The van der Waals surface area contributed by atoms with Gasteiger partial charge in [-0.3, -0.25) is 9.59 Å². The monoisotopic (exact) mass is 640 g/mol. The van der Waals surface area contributed by atoms with Gasteiger partial charge in [0.2, 0.25) is 0 Å². The number of nitrogens with one attached hydrogen (secondary N) is 1. The minimum atomic E-state index is -1.02. The number of carbonyl (C=O) groups is 4. The fraction of sp³-hybridized carbons (Fsp3) is 0.265. The number of carbonyl (C=O) groups excluding carboxylic acids is 4. The van der Waals surface area contributed by atoms with E-state index in [1.807, 2.05) is 30.3 Å². The molecular weight excluding hydrogens is 607 g/mol. The predicted octanol–water partition coefficient (Wildman–Crippen LogP) is 3.69. The summed E-state index contributed by atoms with van der Waals surface area (Å²) in [6.45, 7) is 1.36. The standard InChI is InChI=1S/C34H33FN6O6/c1-38-29-18-26(31(42)39-12-14-40(15-13-39)34(45)47-21-23-6-3-2-4-7-23)10-11-30(29)46-22-28(32(38)43)37-33(44)41-20-25(19-36-41)16-24-8-5-9-27(35)17-24/h2-11,17-20,28H,12-16,21-22H2,1H3,(H,37,44)/t28-/m0/s1. The maximum Gasteiger partial charge on any atom is 0.410 e. The van der Waals surface area contributed by atoms with Crippen LogP contribution in [0, 0.1) is 5.82 Å². The Hall–Kier alpha value is -5.72. The molecular formula is C34H33FN6O6. The van der Waals surface area contributed by atoms with Crippen LogP contribution < -0.4 is 15.0 Å². The highest BCUT2D eigenvalue weighted by Crippen LogP contribution is 2.32. The van der Waals surface area contributed by atoms with Crippen molar-refractivity contribution in [3.8, 4) is 5.75 Å². The number of nitrogens with zero attached hydrogens (tertiary/aromatic N) is 5. The van der Waals surface area contributed by atoms with Crippen LogP contribution in [0.3, 0.4) is 0 Å². The van der Waals surface area contributed by atoms with E-state index >= 15 is 0 Å². The number of amides is 4. The molecule has 0 radical (unpaired) electrons. The zero-order chi connectivity index (χ0) is 32.9. The number of hydrogen-bond acceptors (Lipinski definition) is 7. The lowest BCUT2D eigenvalue weighted by molar-refractivity contribution is -0.120. The molecule has 0 bridgehead atoms. The molecule has 1 atom stereocenters. The van der Waals surface area contributed by atoms with Gasteiger partial charge in [0.25, 0.3) is 11.8 Å². The minimum absolute atomic E-state index is 0.130. The van der Waals surface area contributed by atoms with Crippen LogP contribution in [0.4, 0.5) is 19.7 Å². The summed E-state index contributed by atoms with van der Waals surface area (Å²) in [5.41, 5.74) is 3.07. The van der Waals surface area contributed by atoms with E-state index in [2.05, 4.69) is 10.4 Å². The topological polar surface area (TPSA) is 126 Å². The fourth-order valence-electron chi connectivity index (χ4n) is 5.48. The number of benzene rings is 3. The average Bonchev–Trinajstić information content (AvgIpc) is 3.53.